The highest BCUT2D eigenvalue weighted by atomic mass is 16.8. The Kier molecular flexibility index (Phi) is 7.25. The zero-order valence-electron chi connectivity index (χ0n) is 26.6. The second kappa shape index (κ2) is 10.5. The van der Waals surface area contributed by atoms with E-state index >= 15 is 4.79 Å². The summed E-state index contributed by atoms with van der Waals surface area (Å²) in [6.45, 7) is 8.33. The Labute approximate surface area is 264 Å². The van der Waals surface area contributed by atoms with E-state index in [4.69, 9.17) is 33.2 Å². The first-order valence-corrected chi connectivity index (χ1v) is 15.0. The molecule has 1 aromatic rings. The molecule has 5 aliphatic rings. The third kappa shape index (κ3) is 4.00. The van der Waals surface area contributed by atoms with E-state index in [0.29, 0.717) is 0 Å². The molecule has 2 aliphatic heterocycles. The normalized spacial score (nSPS) is 38.8. The Morgan fingerprint density at radius 1 is 0.957 bits per heavy atom. The van der Waals surface area contributed by atoms with Crippen molar-refractivity contribution in [3.63, 3.8) is 0 Å². The Hall–Kier alpha value is -4.10. The summed E-state index contributed by atoms with van der Waals surface area (Å²) in [5.41, 5.74) is -6.87. The fourth-order valence-electron chi connectivity index (χ4n) is 8.77. The molecule has 1 spiro atoms. The van der Waals surface area contributed by atoms with Crippen LogP contribution in [0.1, 0.15) is 58.3 Å². The van der Waals surface area contributed by atoms with Gasteiger partial charge in [0, 0.05) is 38.4 Å². The van der Waals surface area contributed by atoms with Crippen molar-refractivity contribution in [3.8, 4) is 0 Å². The van der Waals surface area contributed by atoms with E-state index in [1.807, 2.05) is 0 Å². The van der Waals surface area contributed by atoms with E-state index in [-0.39, 0.29) is 29.7 Å². The molecule has 2 saturated carbocycles. The van der Waals surface area contributed by atoms with Gasteiger partial charge in [-0.2, -0.15) is 0 Å². The molecular formula is C33H36O13. The van der Waals surface area contributed by atoms with Crippen LogP contribution in [-0.4, -0.2) is 91.1 Å². The quantitative estimate of drug-likeness (QED) is 0.341. The number of hydrogen-bond donors (Lipinski definition) is 0. The van der Waals surface area contributed by atoms with E-state index in [1.165, 1.54) is 33.1 Å². The van der Waals surface area contributed by atoms with Crippen LogP contribution in [-0.2, 0) is 52.3 Å². The molecule has 0 radical (unpaired) electrons. The molecule has 2 heterocycles. The van der Waals surface area contributed by atoms with Crippen molar-refractivity contribution < 1.29 is 61.9 Å². The van der Waals surface area contributed by atoms with Crippen LogP contribution in [0.15, 0.2) is 41.5 Å². The number of carbonyl (C=O) groups is 6. The fourth-order valence-corrected chi connectivity index (χ4v) is 8.77. The summed E-state index contributed by atoms with van der Waals surface area (Å²) < 4.78 is 41.7. The van der Waals surface area contributed by atoms with Crippen molar-refractivity contribution in [3.05, 3.63) is 47.0 Å². The summed E-state index contributed by atoms with van der Waals surface area (Å²) >= 11 is 0. The van der Waals surface area contributed by atoms with Gasteiger partial charge in [-0.1, -0.05) is 32.0 Å². The zero-order chi connectivity index (χ0) is 33.6. The predicted octanol–water partition coefficient (Wildman–Crippen LogP) is 2.67. The number of ketones is 2. The lowest BCUT2D eigenvalue weighted by Gasteiger charge is -2.67. The van der Waals surface area contributed by atoms with Gasteiger partial charge in [-0.25, -0.2) is 9.59 Å². The predicted molar refractivity (Wildman–Crippen MR) is 153 cm³/mol. The first kappa shape index (κ1) is 31.9. The largest absolute Gasteiger partial charge is 0.510 e. The minimum atomic E-state index is -2.14. The number of carbonyl (C=O) groups excluding carboxylic acids is 6. The lowest BCUT2D eigenvalue weighted by molar-refractivity contribution is -0.345. The van der Waals surface area contributed by atoms with Gasteiger partial charge in [0.1, 0.15) is 6.10 Å². The third-order valence-electron chi connectivity index (χ3n) is 10.7. The Morgan fingerprint density at radius 3 is 2.20 bits per heavy atom. The highest BCUT2D eigenvalue weighted by molar-refractivity contribution is 6.06. The molecule has 2 saturated heterocycles. The molecule has 13 heteroatoms. The average Bonchev–Trinajstić information content (AvgIpc) is 3.35. The number of methoxy groups -OCH3 is 1. The fraction of sp³-hybridized carbons (Fsp3) is 0.576. The summed E-state index contributed by atoms with van der Waals surface area (Å²) in [7, 11) is 1.39. The van der Waals surface area contributed by atoms with E-state index in [2.05, 4.69) is 0 Å². The van der Waals surface area contributed by atoms with Crippen LogP contribution in [0.3, 0.4) is 0 Å². The summed E-state index contributed by atoms with van der Waals surface area (Å²) in [6.07, 6.45) is -7.93. The van der Waals surface area contributed by atoms with Gasteiger partial charge in [-0.3, -0.25) is 19.2 Å². The minimum absolute atomic E-state index is 0.0306. The second-order valence-electron chi connectivity index (χ2n) is 13.3. The molecule has 1 unspecified atom stereocenters. The lowest BCUT2D eigenvalue weighted by atomic mass is 9.44. The average molecular weight is 641 g/mol. The summed E-state index contributed by atoms with van der Waals surface area (Å²) in [4.78, 5) is 82.0. The van der Waals surface area contributed by atoms with Crippen molar-refractivity contribution >= 4 is 35.6 Å². The zero-order valence-corrected chi connectivity index (χ0v) is 26.6. The van der Waals surface area contributed by atoms with Crippen LogP contribution in [0.25, 0.3) is 0 Å². The summed E-state index contributed by atoms with van der Waals surface area (Å²) in [5, 5.41) is 0. The summed E-state index contributed by atoms with van der Waals surface area (Å²) in [5.74, 6) is -5.16. The molecule has 1 aromatic carbocycles. The van der Waals surface area contributed by atoms with E-state index in [9.17, 15) is 24.0 Å². The van der Waals surface area contributed by atoms with Gasteiger partial charge in [0.2, 0.25) is 17.5 Å². The SMILES string of the molecule is CO[C@H]1C[C@H]2OC[C@@]2(OC(C)=O)C2[C@H](OC(=O)c3ccccc3)[C@]34OC(=O)O[C@H]3C(=O)C(C)=C([C@@H](OC(C)=O)C(=O)[C@@]21C)C4(C)C. The molecule has 246 valence electrons. The Morgan fingerprint density at radius 2 is 1.63 bits per heavy atom. The highest BCUT2D eigenvalue weighted by Crippen LogP contribution is 2.66. The first-order valence-electron chi connectivity index (χ1n) is 15.0. The molecule has 9 atom stereocenters. The lowest BCUT2D eigenvalue weighted by Crippen LogP contribution is -2.83. The number of esters is 3. The van der Waals surface area contributed by atoms with Crippen LogP contribution < -0.4 is 0 Å². The number of hydrogen-bond acceptors (Lipinski definition) is 13. The number of fused-ring (bicyclic) bond motifs is 4. The monoisotopic (exact) mass is 640 g/mol. The Balaban J connectivity index is 1.74. The molecule has 0 amide bonds. The van der Waals surface area contributed by atoms with Crippen molar-refractivity contribution in [2.24, 2.45) is 16.7 Å². The summed E-state index contributed by atoms with van der Waals surface area (Å²) in [6, 6.07) is 7.99. The molecule has 0 N–H and O–H groups in total. The van der Waals surface area contributed by atoms with Crippen LogP contribution in [0.4, 0.5) is 4.79 Å². The number of rotatable bonds is 5. The van der Waals surface area contributed by atoms with Crippen molar-refractivity contribution in [2.45, 2.75) is 89.7 Å². The maximum absolute atomic E-state index is 15.2. The number of Topliss-reactive ketones (excluding diaryl/α,β-unsaturated/α-hetero) is 2. The van der Waals surface area contributed by atoms with Gasteiger partial charge < -0.3 is 33.2 Å². The third-order valence-corrected chi connectivity index (χ3v) is 10.7. The van der Waals surface area contributed by atoms with Crippen molar-refractivity contribution in [1.82, 2.24) is 0 Å². The number of ether oxygens (including phenoxy) is 7. The van der Waals surface area contributed by atoms with Crippen LogP contribution in [0.5, 0.6) is 0 Å². The van der Waals surface area contributed by atoms with Gasteiger partial charge in [0.15, 0.2) is 23.6 Å². The molecule has 46 heavy (non-hydrogen) atoms. The molecule has 4 fully saturated rings. The topological polar surface area (TPSA) is 167 Å². The molecule has 3 aliphatic carbocycles. The first-order chi connectivity index (χ1) is 21.6. The van der Waals surface area contributed by atoms with Gasteiger partial charge in [-0.15, -0.1) is 0 Å². The minimum Gasteiger partial charge on any atom is -0.454 e. The van der Waals surface area contributed by atoms with Gasteiger partial charge in [-0.05, 0) is 31.6 Å². The van der Waals surface area contributed by atoms with Gasteiger partial charge in [0.25, 0.3) is 0 Å². The molecule has 2 bridgehead atoms. The van der Waals surface area contributed by atoms with E-state index < -0.39 is 94.1 Å². The van der Waals surface area contributed by atoms with Crippen molar-refractivity contribution in [2.75, 3.05) is 13.7 Å². The second-order valence-corrected chi connectivity index (χ2v) is 13.3. The molecular weight excluding hydrogens is 604 g/mol. The van der Waals surface area contributed by atoms with E-state index in [1.54, 1.807) is 39.0 Å². The highest BCUT2D eigenvalue weighted by Gasteiger charge is 2.83. The van der Waals surface area contributed by atoms with Crippen molar-refractivity contribution in [1.29, 1.82) is 0 Å². The van der Waals surface area contributed by atoms with E-state index in [0.717, 1.165) is 6.92 Å². The number of benzene rings is 1. The standard InChI is InChI=1S/C33H36O13/c1-15-21-23(42-16(2)34)25(37)31(6)19(40-7)13-20-32(14-41-20,45-17(3)35)24(31)27(43-28(38)18-11-9-8-10-12-18)33(30(21,4)5)26(22(15)36)44-29(39)46-33/h8-12,19-20,23-24,26-27H,13-14H2,1-7H3/t19-,20+,23+,24?,26-,27-,31+,32-,33+/m0/s1. The van der Waals surface area contributed by atoms with Crippen LogP contribution in [0.2, 0.25) is 0 Å². The maximum Gasteiger partial charge on any atom is 0.510 e. The molecule has 13 nitrogen and oxygen atoms in total. The van der Waals surface area contributed by atoms with Crippen LogP contribution in [0, 0.1) is 16.7 Å². The van der Waals surface area contributed by atoms with Crippen LogP contribution >= 0.6 is 0 Å². The molecule has 6 rings (SSSR count). The smallest absolute Gasteiger partial charge is 0.454 e. The van der Waals surface area contributed by atoms with Gasteiger partial charge >= 0.3 is 24.1 Å². The molecule has 0 aromatic heterocycles. The maximum atomic E-state index is 15.2. The Bertz CT molecular complexity index is 1580. The van der Waals surface area contributed by atoms with Gasteiger partial charge in [0.05, 0.1) is 29.6 Å².